The normalized spacial score (nSPS) is 25.3. The van der Waals surface area contributed by atoms with Gasteiger partial charge in [0.05, 0.1) is 0 Å². The number of esters is 1. The highest BCUT2D eigenvalue weighted by atomic mass is 16.5. The van der Waals surface area contributed by atoms with Crippen LogP contribution in [0, 0.1) is 0 Å². The molecule has 2 atom stereocenters. The summed E-state index contributed by atoms with van der Waals surface area (Å²) >= 11 is 0. The number of aliphatic hydroxyl groups is 1. The fourth-order valence-corrected chi connectivity index (χ4v) is 4.16. The van der Waals surface area contributed by atoms with E-state index in [0.29, 0.717) is 12.8 Å². The van der Waals surface area contributed by atoms with Gasteiger partial charge in [-0.2, -0.15) is 0 Å². The van der Waals surface area contributed by atoms with Gasteiger partial charge >= 0.3 is 5.97 Å². The molecule has 0 spiro atoms. The molecule has 0 radical (unpaired) electrons. The zero-order chi connectivity index (χ0) is 17.4. The summed E-state index contributed by atoms with van der Waals surface area (Å²) in [6.45, 7) is 0.224. The SMILES string of the molecule is N[C@@H]1CCCC[C@@]1(O)C(=O)OCC1c2ccccc2-c2ccccc21. The van der Waals surface area contributed by atoms with Crippen LogP contribution in [0.1, 0.15) is 42.7 Å². The fourth-order valence-electron chi connectivity index (χ4n) is 4.16. The molecule has 1 saturated carbocycles. The van der Waals surface area contributed by atoms with Crippen molar-refractivity contribution in [1.29, 1.82) is 0 Å². The molecule has 130 valence electrons. The van der Waals surface area contributed by atoms with E-state index < -0.39 is 17.6 Å². The van der Waals surface area contributed by atoms with Crippen molar-refractivity contribution < 1.29 is 14.6 Å². The molecule has 4 nitrogen and oxygen atoms in total. The van der Waals surface area contributed by atoms with Gasteiger partial charge in [-0.3, -0.25) is 0 Å². The molecule has 2 aliphatic carbocycles. The maximum atomic E-state index is 12.6. The number of fused-ring (bicyclic) bond motifs is 3. The van der Waals surface area contributed by atoms with Crippen LogP contribution in [0.25, 0.3) is 11.1 Å². The van der Waals surface area contributed by atoms with Crippen molar-refractivity contribution in [2.24, 2.45) is 5.73 Å². The summed E-state index contributed by atoms with van der Waals surface area (Å²) < 4.78 is 5.58. The van der Waals surface area contributed by atoms with Crippen LogP contribution in [0.5, 0.6) is 0 Å². The first-order chi connectivity index (χ1) is 12.1. The van der Waals surface area contributed by atoms with Gasteiger partial charge in [0.2, 0.25) is 0 Å². The summed E-state index contributed by atoms with van der Waals surface area (Å²) in [6.07, 6.45) is 2.78. The predicted octanol–water partition coefficient (Wildman–Crippen LogP) is 2.97. The molecule has 0 bridgehead atoms. The van der Waals surface area contributed by atoms with Crippen molar-refractivity contribution in [3.05, 3.63) is 59.7 Å². The fraction of sp³-hybridized carbons (Fsp3) is 0.381. The van der Waals surface area contributed by atoms with Crippen molar-refractivity contribution in [3.8, 4) is 11.1 Å². The molecule has 2 aromatic rings. The Bertz CT molecular complexity index is 758. The Morgan fingerprint density at radius 1 is 1.08 bits per heavy atom. The quantitative estimate of drug-likeness (QED) is 0.845. The van der Waals surface area contributed by atoms with E-state index in [4.69, 9.17) is 10.5 Å². The maximum absolute atomic E-state index is 12.6. The second kappa shape index (κ2) is 6.28. The molecular formula is C21H23NO3. The van der Waals surface area contributed by atoms with Gasteiger partial charge in [-0.25, -0.2) is 4.79 Å². The van der Waals surface area contributed by atoms with Crippen LogP contribution in [-0.2, 0) is 9.53 Å². The minimum Gasteiger partial charge on any atom is -0.463 e. The van der Waals surface area contributed by atoms with Gasteiger partial charge in [-0.05, 0) is 41.5 Å². The van der Waals surface area contributed by atoms with Crippen LogP contribution in [0.2, 0.25) is 0 Å². The summed E-state index contributed by atoms with van der Waals surface area (Å²) in [6, 6.07) is 15.9. The lowest BCUT2D eigenvalue weighted by atomic mass is 9.81. The summed E-state index contributed by atoms with van der Waals surface area (Å²) in [5.74, 6) is -0.582. The van der Waals surface area contributed by atoms with E-state index in [1.807, 2.05) is 24.3 Å². The predicted molar refractivity (Wildman–Crippen MR) is 96.1 cm³/mol. The lowest BCUT2D eigenvalue weighted by molar-refractivity contribution is -0.171. The van der Waals surface area contributed by atoms with E-state index in [2.05, 4.69) is 24.3 Å². The standard InChI is InChI=1S/C21H23NO3/c22-19-11-5-6-12-21(19,24)20(23)25-13-18-16-9-3-1-7-14(16)15-8-2-4-10-17(15)18/h1-4,7-10,18-19,24H,5-6,11-13,22H2/t19-,21+/m1/s1. The largest absolute Gasteiger partial charge is 0.463 e. The number of benzene rings is 2. The van der Waals surface area contributed by atoms with Gasteiger partial charge in [0.25, 0.3) is 0 Å². The van der Waals surface area contributed by atoms with Crippen LogP contribution in [0.4, 0.5) is 0 Å². The summed E-state index contributed by atoms with van der Waals surface area (Å²) in [4.78, 5) is 12.6. The average Bonchev–Trinajstić information content (AvgIpc) is 2.96. The molecule has 0 unspecified atom stereocenters. The maximum Gasteiger partial charge on any atom is 0.339 e. The molecule has 0 saturated heterocycles. The number of carbonyl (C=O) groups excluding carboxylic acids is 1. The average molecular weight is 337 g/mol. The zero-order valence-electron chi connectivity index (χ0n) is 14.2. The topological polar surface area (TPSA) is 72.5 Å². The molecule has 3 N–H and O–H groups in total. The molecule has 25 heavy (non-hydrogen) atoms. The molecule has 2 aromatic carbocycles. The number of rotatable bonds is 3. The molecule has 0 aliphatic heterocycles. The number of hydrogen-bond acceptors (Lipinski definition) is 4. The first-order valence-electron chi connectivity index (χ1n) is 8.94. The Labute approximate surface area is 147 Å². The molecular weight excluding hydrogens is 314 g/mol. The van der Waals surface area contributed by atoms with E-state index in [1.165, 1.54) is 11.1 Å². The summed E-state index contributed by atoms with van der Waals surface area (Å²) in [5.41, 5.74) is 9.16. The van der Waals surface area contributed by atoms with Gasteiger partial charge in [0.15, 0.2) is 5.60 Å². The lowest BCUT2D eigenvalue weighted by Gasteiger charge is -2.35. The monoisotopic (exact) mass is 337 g/mol. The Morgan fingerprint density at radius 3 is 2.28 bits per heavy atom. The first kappa shape index (κ1) is 16.3. The van der Waals surface area contributed by atoms with Crippen LogP contribution in [0.3, 0.4) is 0 Å². The van der Waals surface area contributed by atoms with Gasteiger partial charge < -0.3 is 15.6 Å². The van der Waals surface area contributed by atoms with Crippen molar-refractivity contribution in [1.82, 2.24) is 0 Å². The van der Waals surface area contributed by atoms with Crippen molar-refractivity contribution in [2.75, 3.05) is 6.61 Å². The number of ether oxygens (including phenoxy) is 1. The second-order valence-electron chi connectivity index (χ2n) is 7.10. The van der Waals surface area contributed by atoms with Crippen LogP contribution >= 0.6 is 0 Å². The highest BCUT2D eigenvalue weighted by Gasteiger charge is 2.45. The van der Waals surface area contributed by atoms with E-state index in [9.17, 15) is 9.90 Å². The summed E-state index contributed by atoms with van der Waals surface area (Å²) in [5, 5.41) is 10.7. The van der Waals surface area contributed by atoms with E-state index in [0.717, 1.165) is 24.0 Å². The number of carbonyl (C=O) groups is 1. The lowest BCUT2D eigenvalue weighted by Crippen LogP contribution is -2.56. The molecule has 0 amide bonds. The molecule has 4 rings (SSSR count). The zero-order valence-corrected chi connectivity index (χ0v) is 14.2. The molecule has 0 aromatic heterocycles. The van der Waals surface area contributed by atoms with Crippen LogP contribution < -0.4 is 5.73 Å². The van der Waals surface area contributed by atoms with Gasteiger partial charge in [0.1, 0.15) is 6.61 Å². The van der Waals surface area contributed by atoms with E-state index in [1.54, 1.807) is 0 Å². The highest BCUT2D eigenvalue weighted by Crippen LogP contribution is 2.44. The Hall–Kier alpha value is -2.17. The molecule has 0 heterocycles. The minimum absolute atomic E-state index is 0.000218. The Morgan fingerprint density at radius 2 is 1.68 bits per heavy atom. The third kappa shape index (κ3) is 2.66. The molecule has 4 heteroatoms. The van der Waals surface area contributed by atoms with Crippen molar-refractivity contribution in [2.45, 2.75) is 43.2 Å². The van der Waals surface area contributed by atoms with E-state index >= 15 is 0 Å². The van der Waals surface area contributed by atoms with Crippen molar-refractivity contribution in [3.63, 3.8) is 0 Å². The highest BCUT2D eigenvalue weighted by molar-refractivity contribution is 5.81. The third-order valence-electron chi connectivity index (χ3n) is 5.63. The second-order valence-corrected chi connectivity index (χ2v) is 7.10. The number of hydrogen-bond donors (Lipinski definition) is 2. The smallest absolute Gasteiger partial charge is 0.339 e. The van der Waals surface area contributed by atoms with Crippen LogP contribution in [-0.4, -0.2) is 29.3 Å². The van der Waals surface area contributed by atoms with E-state index in [-0.39, 0.29) is 12.5 Å². The summed E-state index contributed by atoms with van der Waals surface area (Å²) in [7, 11) is 0. The Balaban J connectivity index is 1.56. The Kier molecular flexibility index (Phi) is 4.10. The van der Waals surface area contributed by atoms with Crippen LogP contribution in [0.15, 0.2) is 48.5 Å². The van der Waals surface area contributed by atoms with Gasteiger partial charge in [-0.1, -0.05) is 55.0 Å². The first-order valence-corrected chi connectivity index (χ1v) is 8.94. The van der Waals surface area contributed by atoms with Gasteiger partial charge in [-0.15, -0.1) is 0 Å². The minimum atomic E-state index is -1.55. The number of nitrogens with two attached hydrogens (primary N) is 1. The van der Waals surface area contributed by atoms with Gasteiger partial charge in [0, 0.05) is 12.0 Å². The van der Waals surface area contributed by atoms with Crippen molar-refractivity contribution >= 4 is 5.97 Å². The third-order valence-corrected chi connectivity index (χ3v) is 5.63. The molecule has 1 fully saturated rings. The molecule has 2 aliphatic rings.